The zero-order valence-electron chi connectivity index (χ0n) is 22.9. The van der Waals surface area contributed by atoms with E-state index in [0.717, 1.165) is 52.7 Å². The number of benzene rings is 2. The SMILES string of the molecule is CC.CCc1cccc(CC)c1-n1nc2c(c1C)CN(Cc1ccc(C(F)(F)F)cc1C(F)(F)F)C2(C)C. The van der Waals surface area contributed by atoms with Gasteiger partial charge in [0, 0.05) is 24.3 Å². The van der Waals surface area contributed by atoms with E-state index in [-0.39, 0.29) is 18.2 Å². The van der Waals surface area contributed by atoms with Gasteiger partial charge in [0.25, 0.3) is 0 Å². The summed E-state index contributed by atoms with van der Waals surface area (Å²) in [6.07, 6.45) is -8.09. The first-order valence-electron chi connectivity index (χ1n) is 12.9. The summed E-state index contributed by atoms with van der Waals surface area (Å²) in [7, 11) is 0. The molecule has 0 N–H and O–H groups in total. The number of nitrogens with zero attached hydrogens (tertiary/aromatic N) is 3. The molecule has 3 nitrogen and oxygen atoms in total. The molecule has 2 heterocycles. The highest BCUT2D eigenvalue weighted by Crippen LogP contribution is 2.44. The molecule has 0 unspecified atom stereocenters. The van der Waals surface area contributed by atoms with Gasteiger partial charge in [0.2, 0.25) is 0 Å². The first-order valence-corrected chi connectivity index (χ1v) is 12.9. The molecule has 38 heavy (non-hydrogen) atoms. The summed E-state index contributed by atoms with van der Waals surface area (Å²) in [5.41, 5.74) is 2.51. The molecular weight excluding hydrogens is 504 g/mol. The van der Waals surface area contributed by atoms with E-state index in [2.05, 4.69) is 26.0 Å². The number of fused-ring (bicyclic) bond motifs is 1. The van der Waals surface area contributed by atoms with Gasteiger partial charge in [-0.25, -0.2) is 4.68 Å². The largest absolute Gasteiger partial charge is 0.416 e. The van der Waals surface area contributed by atoms with Gasteiger partial charge in [-0.05, 0) is 62.4 Å². The van der Waals surface area contributed by atoms with Crippen LogP contribution < -0.4 is 0 Å². The maximum atomic E-state index is 13.7. The molecule has 0 saturated carbocycles. The van der Waals surface area contributed by atoms with Crippen molar-refractivity contribution < 1.29 is 26.3 Å². The first-order chi connectivity index (χ1) is 17.7. The highest BCUT2D eigenvalue weighted by Gasteiger charge is 2.44. The average Bonchev–Trinajstić information content (AvgIpc) is 3.31. The molecule has 3 aromatic rings. The van der Waals surface area contributed by atoms with Gasteiger partial charge in [-0.15, -0.1) is 0 Å². The number of aromatic nitrogens is 2. The van der Waals surface area contributed by atoms with Crippen LogP contribution in [0.15, 0.2) is 36.4 Å². The Morgan fingerprint density at radius 3 is 1.92 bits per heavy atom. The molecular formula is C29H35F6N3. The zero-order chi connectivity index (χ0) is 28.6. The summed E-state index contributed by atoms with van der Waals surface area (Å²) >= 11 is 0. The lowest BCUT2D eigenvalue weighted by molar-refractivity contribution is -0.143. The van der Waals surface area contributed by atoms with E-state index >= 15 is 0 Å². The van der Waals surface area contributed by atoms with Crippen LogP contribution in [0.4, 0.5) is 26.3 Å². The van der Waals surface area contributed by atoms with Gasteiger partial charge in [-0.3, -0.25) is 4.90 Å². The van der Waals surface area contributed by atoms with Crippen LogP contribution in [0.2, 0.25) is 0 Å². The van der Waals surface area contributed by atoms with Crippen LogP contribution in [0.1, 0.15) is 86.3 Å². The number of para-hydroxylation sites is 1. The highest BCUT2D eigenvalue weighted by atomic mass is 19.4. The van der Waals surface area contributed by atoms with Gasteiger partial charge >= 0.3 is 12.4 Å². The van der Waals surface area contributed by atoms with Crippen LogP contribution in [-0.2, 0) is 43.8 Å². The zero-order valence-corrected chi connectivity index (χ0v) is 22.9. The van der Waals surface area contributed by atoms with Crippen LogP contribution in [-0.4, -0.2) is 14.7 Å². The fraction of sp³-hybridized carbons (Fsp3) is 0.483. The summed E-state index contributed by atoms with van der Waals surface area (Å²) in [5.74, 6) is 0. The third kappa shape index (κ3) is 5.35. The molecule has 4 rings (SSSR count). The molecule has 0 atom stereocenters. The molecule has 1 aliphatic rings. The van der Waals surface area contributed by atoms with Gasteiger partial charge in [0.05, 0.1) is 28.0 Å². The number of halogens is 6. The Kier molecular flexibility index (Phi) is 8.41. The topological polar surface area (TPSA) is 21.1 Å². The van der Waals surface area contributed by atoms with Crippen molar-refractivity contribution in [2.24, 2.45) is 0 Å². The number of rotatable bonds is 5. The minimum Gasteiger partial charge on any atom is -0.284 e. The molecule has 208 valence electrons. The van der Waals surface area contributed by atoms with Crippen LogP contribution in [0.3, 0.4) is 0 Å². The fourth-order valence-electron chi connectivity index (χ4n) is 5.07. The quantitative estimate of drug-likeness (QED) is 0.303. The molecule has 0 radical (unpaired) electrons. The maximum Gasteiger partial charge on any atom is 0.416 e. The van der Waals surface area contributed by atoms with E-state index in [4.69, 9.17) is 5.10 Å². The van der Waals surface area contributed by atoms with Gasteiger partial charge in [0.15, 0.2) is 0 Å². The van der Waals surface area contributed by atoms with Crippen molar-refractivity contribution in [1.82, 2.24) is 14.7 Å². The van der Waals surface area contributed by atoms with Crippen molar-refractivity contribution in [2.75, 3.05) is 0 Å². The van der Waals surface area contributed by atoms with E-state index in [9.17, 15) is 26.3 Å². The van der Waals surface area contributed by atoms with E-state index in [1.54, 1.807) is 0 Å². The fourth-order valence-corrected chi connectivity index (χ4v) is 5.07. The predicted molar refractivity (Wildman–Crippen MR) is 137 cm³/mol. The first kappa shape index (κ1) is 29.7. The number of hydrogen-bond acceptors (Lipinski definition) is 2. The van der Waals surface area contributed by atoms with Gasteiger partial charge < -0.3 is 0 Å². The molecule has 9 heteroatoms. The minimum absolute atomic E-state index is 0.151. The van der Waals surface area contributed by atoms with Crippen LogP contribution in [0.5, 0.6) is 0 Å². The van der Waals surface area contributed by atoms with E-state index in [0.29, 0.717) is 12.6 Å². The van der Waals surface area contributed by atoms with Gasteiger partial charge in [0.1, 0.15) is 0 Å². The summed E-state index contributed by atoms with van der Waals surface area (Å²) < 4.78 is 82.4. The Morgan fingerprint density at radius 2 is 1.45 bits per heavy atom. The molecule has 2 aromatic carbocycles. The Bertz CT molecular complexity index is 1260. The van der Waals surface area contributed by atoms with Crippen molar-refractivity contribution in [3.8, 4) is 5.69 Å². The number of aryl methyl sites for hydroxylation is 2. The third-order valence-corrected chi connectivity index (χ3v) is 7.24. The standard InChI is InChI=1S/C27H29F6N3.C2H6/c1-6-17-9-8-10-18(7-2)23(17)36-16(3)21-15-35(25(4,5)24(21)34-36)14-19-11-12-20(26(28,29)30)13-22(19)27(31,32)33;1-2/h8-13H,6-7,14-15H2,1-5H3;1-2H3. The summed E-state index contributed by atoms with van der Waals surface area (Å²) in [6.45, 7) is 14.1. The Morgan fingerprint density at radius 1 is 0.868 bits per heavy atom. The average molecular weight is 540 g/mol. The van der Waals surface area contributed by atoms with Crippen LogP contribution in [0, 0.1) is 6.92 Å². The molecule has 0 fully saturated rings. The van der Waals surface area contributed by atoms with E-state index in [1.807, 2.05) is 50.3 Å². The molecule has 0 spiro atoms. The Balaban J connectivity index is 0.00000195. The second-order valence-electron chi connectivity index (χ2n) is 9.74. The van der Waals surface area contributed by atoms with Crippen molar-refractivity contribution in [3.63, 3.8) is 0 Å². The van der Waals surface area contributed by atoms with E-state index in [1.165, 1.54) is 0 Å². The second kappa shape index (κ2) is 10.8. The monoisotopic (exact) mass is 539 g/mol. The lowest BCUT2D eigenvalue weighted by atomic mass is 9.98. The number of hydrogen-bond donors (Lipinski definition) is 0. The lowest BCUT2D eigenvalue weighted by Gasteiger charge is -2.32. The molecule has 0 aliphatic carbocycles. The van der Waals surface area contributed by atoms with Gasteiger partial charge in [-0.2, -0.15) is 31.4 Å². The predicted octanol–water partition coefficient (Wildman–Crippen LogP) is 8.62. The van der Waals surface area contributed by atoms with Crippen molar-refractivity contribution >= 4 is 0 Å². The molecule has 1 aliphatic heterocycles. The van der Waals surface area contributed by atoms with Gasteiger partial charge in [-0.1, -0.05) is 52.0 Å². The summed E-state index contributed by atoms with van der Waals surface area (Å²) in [6, 6.07) is 8.03. The highest BCUT2D eigenvalue weighted by molar-refractivity contribution is 5.51. The summed E-state index contributed by atoms with van der Waals surface area (Å²) in [5, 5.41) is 4.94. The van der Waals surface area contributed by atoms with E-state index < -0.39 is 29.0 Å². The number of alkyl halides is 6. The van der Waals surface area contributed by atoms with Crippen molar-refractivity contribution in [1.29, 1.82) is 0 Å². The van der Waals surface area contributed by atoms with Crippen LogP contribution >= 0.6 is 0 Å². The Labute approximate surface area is 220 Å². The lowest BCUT2D eigenvalue weighted by Crippen LogP contribution is -2.36. The molecule has 1 aromatic heterocycles. The normalized spacial score (nSPS) is 15.3. The molecule has 0 amide bonds. The summed E-state index contributed by atoms with van der Waals surface area (Å²) in [4.78, 5) is 1.84. The Hall–Kier alpha value is -2.81. The third-order valence-electron chi connectivity index (χ3n) is 7.24. The molecule has 0 saturated heterocycles. The maximum absolute atomic E-state index is 13.7. The molecule has 0 bridgehead atoms. The minimum atomic E-state index is -4.90. The van der Waals surface area contributed by atoms with Crippen LogP contribution in [0.25, 0.3) is 5.69 Å². The van der Waals surface area contributed by atoms with Crippen molar-refractivity contribution in [2.45, 2.75) is 92.3 Å². The smallest absolute Gasteiger partial charge is 0.284 e. The van der Waals surface area contributed by atoms with Crippen molar-refractivity contribution in [3.05, 3.63) is 81.2 Å². The second-order valence-corrected chi connectivity index (χ2v) is 9.74.